The molecule has 2 aromatic carbocycles. The van der Waals surface area contributed by atoms with E-state index in [1.54, 1.807) is 6.92 Å². The lowest BCUT2D eigenvalue weighted by molar-refractivity contribution is -0.384. The second-order valence-corrected chi connectivity index (χ2v) is 7.33. The molecule has 3 aromatic rings. The molecule has 0 unspecified atom stereocenters. The Morgan fingerprint density at radius 3 is 2.69 bits per heavy atom. The fourth-order valence-electron chi connectivity index (χ4n) is 3.84. The molecule has 1 fully saturated rings. The molecule has 0 atom stereocenters. The van der Waals surface area contributed by atoms with Gasteiger partial charge in [0.1, 0.15) is 0 Å². The van der Waals surface area contributed by atoms with Gasteiger partial charge in [-0.25, -0.2) is 9.64 Å². The molecule has 0 N–H and O–H groups in total. The quantitative estimate of drug-likeness (QED) is 0.187. The van der Waals surface area contributed by atoms with Crippen LogP contribution in [0.1, 0.15) is 25.8 Å². The smallest absolute Gasteiger partial charge is 0.331 e. The number of ether oxygens (including phenoxy) is 2. The molecule has 1 aliphatic rings. The Bertz CT molecular complexity index is 1300. The highest BCUT2D eigenvalue weighted by molar-refractivity contribution is 6.15. The Balaban J connectivity index is 1.91. The van der Waals surface area contributed by atoms with E-state index < -0.39 is 10.9 Å². The largest absolute Gasteiger partial charge is 0.350 e. The minimum Gasteiger partial charge on any atom is -0.350 e. The number of nitro benzene ring substituents is 1. The minimum atomic E-state index is -0.532. The van der Waals surface area contributed by atoms with Gasteiger partial charge in [0.2, 0.25) is 5.69 Å². The van der Waals surface area contributed by atoms with E-state index in [0.717, 1.165) is 10.9 Å². The first-order chi connectivity index (χ1) is 15.4. The molecule has 1 aliphatic heterocycles. The molecule has 1 aromatic heterocycles. The van der Waals surface area contributed by atoms with Gasteiger partial charge in [0.05, 0.1) is 35.9 Å². The topological polar surface area (TPSA) is 110 Å². The first-order valence-electron chi connectivity index (χ1n) is 9.96. The summed E-state index contributed by atoms with van der Waals surface area (Å²) in [6.07, 6.45) is 0.247. The van der Waals surface area contributed by atoms with Crippen LogP contribution in [0.5, 0.6) is 0 Å². The van der Waals surface area contributed by atoms with E-state index in [0.29, 0.717) is 48.4 Å². The van der Waals surface area contributed by atoms with Crippen molar-refractivity contribution in [1.29, 1.82) is 0 Å². The average molecular weight is 436 g/mol. The van der Waals surface area contributed by atoms with Crippen LogP contribution >= 0.6 is 0 Å². The number of aromatic nitrogens is 1. The first kappa shape index (κ1) is 21.4. The van der Waals surface area contributed by atoms with E-state index in [1.807, 2.05) is 22.8 Å². The van der Waals surface area contributed by atoms with E-state index >= 15 is 0 Å². The third kappa shape index (κ3) is 4.03. The molecule has 1 saturated heterocycles. The molecule has 0 aliphatic carbocycles. The van der Waals surface area contributed by atoms with Crippen LogP contribution in [0.2, 0.25) is 0 Å². The fraction of sp³-hybridized carbons (Fsp3) is 0.318. The van der Waals surface area contributed by atoms with Crippen LogP contribution < -0.4 is 0 Å². The Morgan fingerprint density at radius 2 is 2.03 bits per heavy atom. The number of oxime groups is 1. The summed E-state index contributed by atoms with van der Waals surface area (Å²) >= 11 is 0. The summed E-state index contributed by atoms with van der Waals surface area (Å²) in [6.45, 7) is 12.2. The highest BCUT2D eigenvalue weighted by atomic mass is 16.7. The summed E-state index contributed by atoms with van der Waals surface area (Å²) in [4.78, 5) is 30.3. The molecule has 2 heterocycles. The number of nitro groups is 1. The maximum absolute atomic E-state index is 11.5. The van der Waals surface area contributed by atoms with Gasteiger partial charge in [-0.15, -0.1) is 0 Å². The molecule has 10 nitrogen and oxygen atoms in total. The average Bonchev–Trinajstić information content (AvgIpc) is 3.41. The molecule has 32 heavy (non-hydrogen) atoms. The number of hydrogen-bond acceptors (Lipinski definition) is 7. The van der Waals surface area contributed by atoms with Gasteiger partial charge in [-0.05, 0) is 24.6 Å². The van der Waals surface area contributed by atoms with Gasteiger partial charge in [-0.1, -0.05) is 11.2 Å². The number of hydrogen-bond donors (Lipinski definition) is 0. The van der Waals surface area contributed by atoms with Crippen LogP contribution in [0.25, 0.3) is 26.7 Å². The van der Waals surface area contributed by atoms with Crippen LogP contribution in [0.3, 0.4) is 0 Å². The second kappa shape index (κ2) is 8.74. The van der Waals surface area contributed by atoms with E-state index in [9.17, 15) is 14.9 Å². The monoisotopic (exact) mass is 436 g/mol. The summed E-state index contributed by atoms with van der Waals surface area (Å²) in [6, 6.07) is 8.30. The van der Waals surface area contributed by atoms with E-state index in [-0.39, 0.29) is 17.7 Å². The van der Waals surface area contributed by atoms with Crippen molar-refractivity contribution in [2.75, 3.05) is 13.2 Å². The summed E-state index contributed by atoms with van der Waals surface area (Å²) in [5.74, 6) is -0.532. The highest BCUT2D eigenvalue weighted by Crippen LogP contribution is 2.39. The van der Waals surface area contributed by atoms with Crippen molar-refractivity contribution >= 4 is 44.9 Å². The van der Waals surface area contributed by atoms with Gasteiger partial charge in [-0.2, -0.15) is 0 Å². The van der Waals surface area contributed by atoms with Gasteiger partial charge >= 0.3 is 5.97 Å². The summed E-state index contributed by atoms with van der Waals surface area (Å²) < 4.78 is 13.0. The van der Waals surface area contributed by atoms with Crippen LogP contribution in [-0.2, 0) is 25.7 Å². The number of fused-ring (bicyclic) bond motifs is 3. The number of carbonyl (C=O) groups is 1. The summed E-state index contributed by atoms with van der Waals surface area (Å²) in [5, 5.41) is 16.6. The molecule has 4 rings (SSSR count). The van der Waals surface area contributed by atoms with E-state index in [4.69, 9.17) is 20.9 Å². The zero-order valence-corrected chi connectivity index (χ0v) is 17.5. The lowest BCUT2D eigenvalue weighted by Crippen LogP contribution is -2.11. The third-order valence-electron chi connectivity index (χ3n) is 5.26. The van der Waals surface area contributed by atoms with Crippen molar-refractivity contribution in [3.8, 4) is 0 Å². The Morgan fingerprint density at radius 1 is 1.28 bits per heavy atom. The van der Waals surface area contributed by atoms with E-state index in [2.05, 4.69) is 10.0 Å². The summed E-state index contributed by atoms with van der Waals surface area (Å²) in [5.41, 5.74) is 2.65. The predicted octanol–water partition coefficient (Wildman–Crippen LogP) is 4.30. The maximum Gasteiger partial charge on any atom is 0.331 e. The van der Waals surface area contributed by atoms with Crippen LogP contribution in [0.4, 0.5) is 11.4 Å². The molecular formula is C22H20N4O6. The third-order valence-corrected chi connectivity index (χ3v) is 5.26. The Labute approximate surface area is 182 Å². The molecular weight excluding hydrogens is 416 g/mol. The zero-order chi connectivity index (χ0) is 22.8. The normalized spacial score (nSPS) is 14.7. The number of rotatable bonds is 6. The molecule has 164 valence electrons. The molecule has 0 saturated carbocycles. The van der Waals surface area contributed by atoms with Crippen molar-refractivity contribution in [2.45, 2.75) is 33.1 Å². The molecule has 10 heteroatoms. The SMILES string of the molecule is [C-]#[N+]c1cc([N+](=O)[O-])cc2c3cc(C(C)=NOC(C)=O)ccc3n(CCC3OCCO3)c12. The van der Waals surface area contributed by atoms with E-state index in [1.165, 1.54) is 19.1 Å². The first-order valence-corrected chi connectivity index (χ1v) is 9.96. The predicted molar refractivity (Wildman–Crippen MR) is 117 cm³/mol. The van der Waals surface area contributed by atoms with Crippen molar-refractivity contribution in [3.05, 3.63) is 57.4 Å². The van der Waals surface area contributed by atoms with Crippen LogP contribution in [0, 0.1) is 16.7 Å². The van der Waals surface area contributed by atoms with Crippen molar-refractivity contribution < 1.29 is 24.0 Å². The fourth-order valence-corrected chi connectivity index (χ4v) is 3.84. The summed E-state index contributed by atoms with van der Waals surface area (Å²) in [7, 11) is 0. The van der Waals surface area contributed by atoms with Gasteiger partial charge in [0.25, 0.3) is 5.69 Å². The number of nitrogens with zero attached hydrogens (tertiary/aromatic N) is 4. The number of non-ortho nitro benzene ring substituents is 1. The van der Waals surface area contributed by atoms with Crippen LogP contribution in [0.15, 0.2) is 35.5 Å². The molecule has 0 amide bonds. The van der Waals surface area contributed by atoms with Crippen molar-refractivity contribution in [3.63, 3.8) is 0 Å². The lowest BCUT2D eigenvalue weighted by Gasteiger charge is -2.12. The van der Waals surface area contributed by atoms with Crippen molar-refractivity contribution in [1.82, 2.24) is 4.57 Å². The second-order valence-electron chi connectivity index (χ2n) is 7.33. The van der Waals surface area contributed by atoms with Gasteiger partial charge in [0.15, 0.2) is 6.29 Å². The number of benzene rings is 2. The number of carbonyl (C=O) groups excluding carboxylic acids is 1. The zero-order valence-electron chi connectivity index (χ0n) is 17.5. The highest BCUT2D eigenvalue weighted by Gasteiger charge is 2.22. The maximum atomic E-state index is 11.5. The Kier molecular flexibility index (Phi) is 5.85. The standard InChI is InChI=1S/C22H20N4O6/c1-13(24-32-14(2)27)15-4-5-20-17(10-15)18-11-16(26(28)29)12-19(23-3)22(18)25(20)7-6-21-30-8-9-31-21/h4-5,10-12,21H,6-9H2,1-2H3. The van der Waals surface area contributed by atoms with Gasteiger partial charge in [0, 0.05) is 48.3 Å². The van der Waals surface area contributed by atoms with Crippen LogP contribution in [-0.4, -0.2) is 40.7 Å². The molecule has 0 spiro atoms. The molecule has 0 bridgehead atoms. The van der Waals surface area contributed by atoms with Crippen molar-refractivity contribution in [2.24, 2.45) is 5.16 Å². The lowest BCUT2D eigenvalue weighted by atomic mass is 10.1. The minimum absolute atomic E-state index is 0.152. The molecule has 0 radical (unpaired) electrons. The Hall–Kier alpha value is -3.81. The van der Waals surface area contributed by atoms with Gasteiger partial charge < -0.3 is 18.9 Å². The number of aryl methyl sites for hydroxylation is 1. The van der Waals surface area contributed by atoms with Gasteiger partial charge in [-0.3, -0.25) is 10.1 Å².